The maximum absolute atomic E-state index is 12.5. The smallest absolute Gasteiger partial charge is 0.293 e. The fraction of sp³-hybridized carbons (Fsp3) is 0.381. The predicted octanol–water partition coefficient (Wildman–Crippen LogP) is 5.03. The predicted molar refractivity (Wildman–Crippen MR) is 112 cm³/mol. The maximum Gasteiger partial charge on any atom is 0.293 e. The quantitative estimate of drug-likeness (QED) is 0.603. The van der Waals surface area contributed by atoms with E-state index >= 15 is 0 Å². The molecule has 1 saturated carbocycles. The van der Waals surface area contributed by atoms with Gasteiger partial charge in [0.05, 0.1) is 11.5 Å². The van der Waals surface area contributed by atoms with Crippen molar-refractivity contribution in [3.8, 4) is 16.9 Å². The van der Waals surface area contributed by atoms with Gasteiger partial charge < -0.3 is 13.7 Å². The molecule has 150 valence electrons. The zero-order valence-electron chi connectivity index (χ0n) is 16.3. The van der Waals surface area contributed by atoms with E-state index in [0.29, 0.717) is 34.3 Å². The molecular weight excluding hydrogens is 378 g/mol. The molecule has 7 heteroatoms. The number of hydrogen-bond donors (Lipinski definition) is 2. The summed E-state index contributed by atoms with van der Waals surface area (Å²) in [6.45, 7) is 4.18. The van der Waals surface area contributed by atoms with E-state index in [-0.39, 0.29) is 16.9 Å². The first-order valence-electron chi connectivity index (χ1n) is 9.43. The van der Waals surface area contributed by atoms with Crippen LogP contribution in [0.5, 0.6) is 5.75 Å². The van der Waals surface area contributed by atoms with Crippen LogP contribution in [-0.4, -0.2) is 26.0 Å². The van der Waals surface area contributed by atoms with Gasteiger partial charge in [0, 0.05) is 35.5 Å². The minimum absolute atomic E-state index is 0.207. The van der Waals surface area contributed by atoms with Gasteiger partial charge in [-0.1, -0.05) is 0 Å². The number of furan rings is 1. The van der Waals surface area contributed by atoms with Gasteiger partial charge in [0.1, 0.15) is 11.5 Å². The van der Waals surface area contributed by atoms with E-state index in [4.69, 9.17) is 9.15 Å². The lowest BCUT2D eigenvalue weighted by Crippen LogP contribution is -2.16. The molecule has 0 amide bonds. The highest BCUT2D eigenvalue weighted by atomic mass is 32.3. The molecule has 0 atom stereocenters. The standard InChI is InChI=1S/C21H25NO5S/c1-4-28(24,25)15-7-8-19(26-12-14-5-6-14)16(10-15)18-11-22(3)21(23)20-17(18)9-13(2)27-20/h7-11,14,24-25H,4-6,12H2,1-3H3. The molecule has 0 bridgehead atoms. The zero-order valence-corrected chi connectivity index (χ0v) is 17.1. The van der Waals surface area contributed by atoms with Gasteiger partial charge in [0.15, 0.2) is 5.58 Å². The minimum Gasteiger partial charge on any atom is -0.493 e. The minimum atomic E-state index is -2.88. The highest BCUT2D eigenvalue weighted by molar-refractivity contribution is 8.24. The van der Waals surface area contributed by atoms with Gasteiger partial charge in [-0.2, -0.15) is 10.6 Å². The van der Waals surface area contributed by atoms with Crippen molar-refractivity contribution in [2.75, 3.05) is 12.4 Å². The molecule has 0 saturated heterocycles. The molecule has 0 spiro atoms. The maximum atomic E-state index is 12.5. The van der Waals surface area contributed by atoms with Gasteiger partial charge in [-0.25, -0.2) is 0 Å². The van der Waals surface area contributed by atoms with Gasteiger partial charge >= 0.3 is 0 Å². The van der Waals surface area contributed by atoms with Gasteiger partial charge in [0.2, 0.25) is 0 Å². The van der Waals surface area contributed by atoms with Crippen LogP contribution < -0.4 is 10.3 Å². The molecule has 1 aliphatic rings. The Morgan fingerprint density at radius 1 is 1.25 bits per heavy atom. The molecule has 28 heavy (non-hydrogen) atoms. The first-order valence-corrected chi connectivity index (χ1v) is 11.1. The second kappa shape index (κ2) is 6.99. The van der Waals surface area contributed by atoms with Crippen LogP contribution in [-0.2, 0) is 7.05 Å². The van der Waals surface area contributed by atoms with Crippen molar-refractivity contribution in [1.29, 1.82) is 0 Å². The summed E-state index contributed by atoms with van der Waals surface area (Å²) in [6, 6.07) is 7.11. The molecule has 2 N–H and O–H groups in total. The van der Waals surface area contributed by atoms with E-state index in [9.17, 15) is 13.9 Å². The van der Waals surface area contributed by atoms with Crippen LogP contribution in [0, 0.1) is 12.8 Å². The number of fused-ring (bicyclic) bond motifs is 1. The second-order valence-electron chi connectivity index (χ2n) is 7.43. The van der Waals surface area contributed by atoms with E-state index in [2.05, 4.69) is 0 Å². The van der Waals surface area contributed by atoms with Crippen molar-refractivity contribution >= 4 is 21.6 Å². The number of aromatic nitrogens is 1. The Hall–Kier alpha value is -2.22. The molecule has 0 aliphatic heterocycles. The van der Waals surface area contributed by atoms with Gasteiger partial charge in [-0.3, -0.25) is 13.9 Å². The molecule has 0 unspecified atom stereocenters. The third-order valence-electron chi connectivity index (χ3n) is 5.18. The molecule has 4 rings (SSSR count). The fourth-order valence-electron chi connectivity index (χ4n) is 3.28. The molecule has 2 aromatic heterocycles. The number of aryl methyl sites for hydroxylation is 2. The highest BCUT2D eigenvalue weighted by Gasteiger charge is 2.24. The van der Waals surface area contributed by atoms with Gasteiger partial charge in [-0.15, -0.1) is 0 Å². The van der Waals surface area contributed by atoms with E-state index in [1.165, 1.54) is 17.4 Å². The summed E-state index contributed by atoms with van der Waals surface area (Å²) in [5, 5.41) is 0.696. The number of hydrogen-bond acceptors (Lipinski definition) is 5. The second-order valence-corrected chi connectivity index (χ2v) is 9.81. The molecule has 0 radical (unpaired) electrons. The lowest BCUT2D eigenvalue weighted by atomic mass is 10.0. The van der Waals surface area contributed by atoms with Crippen molar-refractivity contribution in [3.63, 3.8) is 0 Å². The average Bonchev–Trinajstić information content (AvgIpc) is 3.42. The van der Waals surface area contributed by atoms with Crippen LogP contribution >= 0.6 is 10.6 Å². The molecular formula is C21H25NO5S. The lowest BCUT2D eigenvalue weighted by Gasteiger charge is -2.31. The zero-order chi connectivity index (χ0) is 20.1. The summed E-state index contributed by atoms with van der Waals surface area (Å²) in [7, 11) is -1.20. The van der Waals surface area contributed by atoms with Crippen LogP contribution in [0.2, 0.25) is 0 Å². The summed E-state index contributed by atoms with van der Waals surface area (Å²) < 4.78 is 34.0. The number of nitrogens with zero attached hydrogens (tertiary/aromatic N) is 1. The van der Waals surface area contributed by atoms with Crippen molar-refractivity contribution < 1.29 is 18.3 Å². The van der Waals surface area contributed by atoms with Crippen LogP contribution in [0.15, 0.2) is 44.6 Å². The third kappa shape index (κ3) is 3.45. The first-order chi connectivity index (χ1) is 13.3. The third-order valence-corrected chi connectivity index (χ3v) is 6.99. The molecule has 2 heterocycles. The summed E-state index contributed by atoms with van der Waals surface area (Å²) in [4.78, 5) is 12.9. The van der Waals surface area contributed by atoms with Crippen LogP contribution in [0.1, 0.15) is 25.5 Å². The van der Waals surface area contributed by atoms with E-state index in [1.54, 1.807) is 45.3 Å². The Bertz CT molecular complexity index is 1090. The SMILES string of the molecule is CCS(O)(O)c1ccc(OCC2CC2)c(-c2cn(C)c(=O)c3oc(C)cc23)c1. The first kappa shape index (κ1) is 19.1. The highest BCUT2D eigenvalue weighted by Crippen LogP contribution is 2.50. The Balaban J connectivity index is 1.93. The molecule has 1 fully saturated rings. The van der Waals surface area contributed by atoms with Crippen molar-refractivity contribution in [3.05, 3.63) is 46.6 Å². The largest absolute Gasteiger partial charge is 0.493 e. The number of benzene rings is 1. The Kier molecular flexibility index (Phi) is 4.77. The summed E-state index contributed by atoms with van der Waals surface area (Å²) in [5.74, 6) is 2.14. The van der Waals surface area contributed by atoms with Crippen LogP contribution in [0.25, 0.3) is 22.1 Å². The Morgan fingerprint density at radius 3 is 2.68 bits per heavy atom. The van der Waals surface area contributed by atoms with Gasteiger partial charge in [0.25, 0.3) is 5.56 Å². The van der Waals surface area contributed by atoms with E-state index in [1.807, 2.05) is 6.07 Å². The van der Waals surface area contributed by atoms with Crippen LogP contribution in [0.3, 0.4) is 0 Å². The van der Waals surface area contributed by atoms with Gasteiger partial charge in [-0.05, 0) is 56.9 Å². The monoisotopic (exact) mass is 403 g/mol. The van der Waals surface area contributed by atoms with E-state index < -0.39 is 10.6 Å². The average molecular weight is 404 g/mol. The molecule has 6 nitrogen and oxygen atoms in total. The number of ether oxygens (including phenoxy) is 1. The number of rotatable bonds is 6. The van der Waals surface area contributed by atoms with Crippen LogP contribution in [0.4, 0.5) is 0 Å². The normalized spacial score (nSPS) is 15.2. The van der Waals surface area contributed by atoms with Crippen molar-refractivity contribution in [2.24, 2.45) is 13.0 Å². The summed E-state index contributed by atoms with van der Waals surface area (Å²) >= 11 is 0. The summed E-state index contributed by atoms with van der Waals surface area (Å²) in [6.07, 6.45) is 4.10. The molecule has 3 aromatic rings. The fourth-order valence-corrected chi connectivity index (χ4v) is 4.20. The number of pyridine rings is 1. The lowest BCUT2D eigenvalue weighted by molar-refractivity contribution is 0.301. The Labute approximate surface area is 165 Å². The van der Waals surface area contributed by atoms with Crippen molar-refractivity contribution in [1.82, 2.24) is 4.57 Å². The van der Waals surface area contributed by atoms with Crippen molar-refractivity contribution in [2.45, 2.75) is 31.6 Å². The van der Waals surface area contributed by atoms with E-state index in [0.717, 1.165) is 11.1 Å². The molecule has 1 aromatic carbocycles. The topological polar surface area (TPSA) is 84.8 Å². The summed E-state index contributed by atoms with van der Waals surface area (Å²) in [5.41, 5.74) is 1.58. The molecule has 1 aliphatic carbocycles. The Morgan fingerprint density at radius 2 is 2.00 bits per heavy atom.